The van der Waals surface area contributed by atoms with Crippen molar-refractivity contribution < 1.29 is 4.74 Å². The van der Waals surface area contributed by atoms with Gasteiger partial charge in [0.2, 0.25) is 0 Å². The molecule has 29 heavy (non-hydrogen) atoms. The molecule has 6 nitrogen and oxygen atoms in total. The number of hydrogen-bond acceptors (Lipinski definition) is 4. The predicted molar refractivity (Wildman–Crippen MR) is 133 cm³/mol. The Bertz CT molecular complexity index is 561. The van der Waals surface area contributed by atoms with Crippen LogP contribution in [0.3, 0.4) is 0 Å². The molecule has 0 aromatic heterocycles. The summed E-state index contributed by atoms with van der Waals surface area (Å²) in [6.07, 6.45) is 3.75. The average Bonchev–Trinajstić information content (AvgIpc) is 3.20. The van der Waals surface area contributed by atoms with Crippen molar-refractivity contribution in [1.29, 1.82) is 0 Å². The molecular weight excluding hydrogens is 477 g/mol. The molecule has 0 spiro atoms. The molecule has 0 atom stereocenters. The van der Waals surface area contributed by atoms with Gasteiger partial charge in [-0.1, -0.05) is 24.3 Å². The third kappa shape index (κ3) is 11.2. The van der Waals surface area contributed by atoms with Gasteiger partial charge in [0.15, 0.2) is 5.96 Å². The summed E-state index contributed by atoms with van der Waals surface area (Å²) in [4.78, 5) is 9.58. The second kappa shape index (κ2) is 15.9. The number of aliphatic imine (C=N–C) groups is 1. The summed E-state index contributed by atoms with van der Waals surface area (Å²) in [5, 5.41) is 6.76. The van der Waals surface area contributed by atoms with Gasteiger partial charge in [-0.2, -0.15) is 0 Å². The van der Waals surface area contributed by atoms with Gasteiger partial charge in [-0.3, -0.25) is 4.90 Å². The molecule has 2 N–H and O–H groups in total. The van der Waals surface area contributed by atoms with Crippen molar-refractivity contribution >= 4 is 29.9 Å². The molecule has 166 valence electrons. The van der Waals surface area contributed by atoms with Gasteiger partial charge in [0.25, 0.3) is 0 Å². The summed E-state index contributed by atoms with van der Waals surface area (Å²) < 4.78 is 5.11. The van der Waals surface area contributed by atoms with Crippen molar-refractivity contribution in [1.82, 2.24) is 20.4 Å². The molecule has 0 unspecified atom stereocenters. The summed E-state index contributed by atoms with van der Waals surface area (Å²) in [5.74, 6) is 0.883. The van der Waals surface area contributed by atoms with Crippen LogP contribution in [0.2, 0.25) is 0 Å². The Labute approximate surface area is 194 Å². The fourth-order valence-electron chi connectivity index (χ4n) is 3.42. The Morgan fingerprint density at radius 2 is 1.79 bits per heavy atom. The van der Waals surface area contributed by atoms with E-state index < -0.39 is 0 Å². The number of halogens is 1. The van der Waals surface area contributed by atoms with Crippen LogP contribution in [0.5, 0.6) is 0 Å². The zero-order chi connectivity index (χ0) is 20.0. The van der Waals surface area contributed by atoms with Gasteiger partial charge >= 0.3 is 0 Å². The largest absolute Gasteiger partial charge is 0.385 e. The summed E-state index contributed by atoms with van der Waals surface area (Å²) in [7, 11) is 3.90. The maximum atomic E-state index is 5.11. The molecule has 1 aromatic rings. The monoisotopic (exact) mass is 517 g/mol. The highest BCUT2D eigenvalue weighted by atomic mass is 127. The second-order valence-electron chi connectivity index (χ2n) is 7.57. The Hall–Kier alpha value is -0.900. The van der Waals surface area contributed by atoms with Crippen molar-refractivity contribution in [3.8, 4) is 0 Å². The van der Waals surface area contributed by atoms with Crippen molar-refractivity contribution in [3.63, 3.8) is 0 Å². The van der Waals surface area contributed by atoms with Crippen LogP contribution in [0.1, 0.15) is 37.3 Å². The number of likely N-dealkylation sites (N-methyl/N-ethyl adjacent to an activating group) is 1. The fraction of sp³-hybridized carbons (Fsp3) is 0.682. The van der Waals surface area contributed by atoms with Crippen LogP contribution >= 0.6 is 24.0 Å². The lowest BCUT2D eigenvalue weighted by Crippen LogP contribution is -2.41. The predicted octanol–water partition coefficient (Wildman–Crippen LogP) is 2.92. The van der Waals surface area contributed by atoms with E-state index in [1.807, 2.05) is 0 Å². The van der Waals surface area contributed by atoms with E-state index in [4.69, 9.17) is 9.73 Å². The Morgan fingerprint density at radius 3 is 2.45 bits per heavy atom. The maximum absolute atomic E-state index is 5.11. The summed E-state index contributed by atoms with van der Waals surface area (Å²) in [6, 6.07) is 8.92. The molecule has 0 saturated carbocycles. The first kappa shape index (κ1) is 26.1. The van der Waals surface area contributed by atoms with Crippen LogP contribution in [0.15, 0.2) is 29.3 Å². The van der Waals surface area contributed by atoms with E-state index >= 15 is 0 Å². The Kier molecular flexibility index (Phi) is 14.3. The molecule has 1 saturated heterocycles. The first-order valence-electron chi connectivity index (χ1n) is 10.7. The van der Waals surface area contributed by atoms with Gasteiger partial charge < -0.3 is 20.3 Å². The molecule has 7 heteroatoms. The number of hydrogen-bond donors (Lipinski definition) is 2. The number of guanidine groups is 1. The van der Waals surface area contributed by atoms with Crippen LogP contribution in [0.4, 0.5) is 0 Å². The molecule has 1 aliphatic rings. The third-order valence-corrected chi connectivity index (χ3v) is 5.07. The summed E-state index contributed by atoms with van der Waals surface area (Å²) >= 11 is 0. The topological polar surface area (TPSA) is 52.1 Å². The van der Waals surface area contributed by atoms with E-state index in [9.17, 15) is 0 Å². The van der Waals surface area contributed by atoms with Crippen LogP contribution in [-0.4, -0.2) is 75.8 Å². The van der Waals surface area contributed by atoms with E-state index in [-0.39, 0.29) is 24.0 Å². The zero-order valence-electron chi connectivity index (χ0n) is 18.5. The van der Waals surface area contributed by atoms with E-state index in [1.54, 1.807) is 7.11 Å². The molecule has 1 aromatic carbocycles. The van der Waals surface area contributed by atoms with E-state index in [1.165, 1.54) is 37.1 Å². The molecule has 1 aliphatic heterocycles. The average molecular weight is 518 g/mol. The molecule has 1 fully saturated rings. The smallest absolute Gasteiger partial charge is 0.191 e. The maximum Gasteiger partial charge on any atom is 0.191 e. The first-order chi connectivity index (χ1) is 13.7. The molecule has 0 bridgehead atoms. The highest BCUT2D eigenvalue weighted by Gasteiger charge is 2.11. The third-order valence-electron chi connectivity index (χ3n) is 5.07. The lowest BCUT2D eigenvalue weighted by Gasteiger charge is -2.18. The van der Waals surface area contributed by atoms with Crippen molar-refractivity contribution in [2.45, 2.75) is 39.3 Å². The number of ether oxygens (including phenoxy) is 1. The van der Waals surface area contributed by atoms with Crippen molar-refractivity contribution in [3.05, 3.63) is 35.4 Å². The van der Waals surface area contributed by atoms with Gasteiger partial charge in [0.1, 0.15) is 0 Å². The minimum Gasteiger partial charge on any atom is -0.385 e. The highest BCUT2D eigenvalue weighted by molar-refractivity contribution is 14.0. The molecular formula is C22H40IN5O. The number of nitrogens with one attached hydrogen (secondary N) is 2. The van der Waals surface area contributed by atoms with Gasteiger partial charge in [-0.25, -0.2) is 4.99 Å². The minimum atomic E-state index is 0. The summed E-state index contributed by atoms with van der Waals surface area (Å²) in [6.45, 7) is 11.0. The van der Waals surface area contributed by atoms with Gasteiger partial charge in [0, 0.05) is 46.4 Å². The molecule has 0 radical (unpaired) electrons. The SMILES string of the molecule is CCNC(=NCc1ccc(CN2CCCC2)cc1)NCCN(C)CCCOC.I. The minimum absolute atomic E-state index is 0. The van der Waals surface area contributed by atoms with Gasteiger partial charge in [-0.05, 0) is 57.5 Å². The fourth-order valence-corrected chi connectivity index (χ4v) is 3.42. The number of benzene rings is 1. The highest BCUT2D eigenvalue weighted by Crippen LogP contribution is 2.13. The Balaban J connectivity index is 0.00000420. The van der Waals surface area contributed by atoms with Crippen molar-refractivity contribution in [2.24, 2.45) is 4.99 Å². The number of rotatable bonds is 12. The standard InChI is InChI=1S/C22H39N5O.HI/c1-4-23-22(24-12-16-26(2)13-7-17-28-3)25-18-20-8-10-21(11-9-20)19-27-14-5-6-15-27;/h8-11H,4-7,12-19H2,1-3H3,(H2,23,24,25);1H. The number of likely N-dealkylation sites (tertiary alicyclic amines) is 1. The van der Waals surface area contributed by atoms with Crippen LogP contribution in [-0.2, 0) is 17.8 Å². The zero-order valence-corrected chi connectivity index (χ0v) is 20.8. The lowest BCUT2D eigenvalue weighted by molar-refractivity contribution is 0.180. The molecule has 0 aliphatic carbocycles. The molecule has 1 heterocycles. The molecule has 2 rings (SSSR count). The van der Waals surface area contributed by atoms with Gasteiger partial charge in [-0.15, -0.1) is 24.0 Å². The van der Waals surface area contributed by atoms with Gasteiger partial charge in [0.05, 0.1) is 6.54 Å². The number of nitrogens with zero attached hydrogens (tertiary/aromatic N) is 3. The normalized spacial score (nSPS) is 14.8. The lowest BCUT2D eigenvalue weighted by atomic mass is 10.1. The van der Waals surface area contributed by atoms with Crippen molar-refractivity contribution in [2.75, 3.05) is 60.0 Å². The van der Waals surface area contributed by atoms with Crippen LogP contribution in [0.25, 0.3) is 0 Å². The summed E-state index contributed by atoms with van der Waals surface area (Å²) in [5.41, 5.74) is 2.65. The van der Waals surface area contributed by atoms with E-state index in [0.29, 0.717) is 6.54 Å². The molecule has 0 amide bonds. The quantitative estimate of drug-likeness (QED) is 0.193. The first-order valence-corrected chi connectivity index (χ1v) is 10.7. The van der Waals surface area contributed by atoms with Crippen LogP contribution in [0, 0.1) is 0 Å². The Morgan fingerprint density at radius 1 is 1.10 bits per heavy atom. The van der Waals surface area contributed by atoms with E-state index in [2.05, 4.69) is 58.7 Å². The van der Waals surface area contributed by atoms with E-state index in [0.717, 1.165) is 51.7 Å². The second-order valence-corrected chi connectivity index (χ2v) is 7.57. The van der Waals surface area contributed by atoms with Crippen LogP contribution < -0.4 is 10.6 Å². The number of methoxy groups -OCH3 is 1.